The number of amides is 1. The third-order valence-electron chi connectivity index (χ3n) is 3.98. The first-order valence-corrected chi connectivity index (χ1v) is 9.42. The summed E-state index contributed by atoms with van der Waals surface area (Å²) in [4.78, 5) is 22.5. The first kappa shape index (κ1) is 21.3. The molecule has 0 heterocycles. The summed E-state index contributed by atoms with van der Waals surface area (Å²) in [5.41, 5.74) is 3.91. The van der Waals surface area contributed by atoms with Crippen molar-refractivity contribution in [1.82, 2.24) is 5.43 Å². The van der Waals surface area contributed by atoms with Gasteiger partial charge in [-0.3, -0.25) is 14.9 Å². The highest BCUT2D eigenvalue weighted by molar-refractivity contribution is 6.32. The third kappa shape index (κ3) is 5.79. The predicted molar refractivity (Wildman–Crippen MR) is 115 cm³/mol. The van der Waals surface area contributed by atoms with Gasteiger partial charge in [0.05, 0.1) is 11.1 Å². The molecule has 1 N–H and O–H groups in total. The van der Waals surface area contributed by atoms with Gasteiger partial charge >= 0.3 is 0 Å². The van der Waals surface area contributed by atoms with E-state index in [2.05, 4.69) is 10.5 Å². The van der Waals surface area contributed by atoms with E-state index in [4.69, 9.17) is 27.9 Å². The van der Waals surface area contributed by atoms with Gasteiger partial charge in [0.1, 0.15) is 17.4 Å². The van der Waals surface area contributed by atoms with E-state index in [-0.39, 0.29) is 10.7 Å². The fourth-order valence-corrected chi connectivity index (χ4v) is 2.74. The molecule has 0 radical (unpaired) electrons. The number of nitro groups is 1. The van der Waals surface area contributed by atoms with Gasteiger partial charge in [-0.1, -0.05) is 41.4 Å². The summed E-state index contributed by atoms with van der Waals surface area (Å²) in [6, 6.07) is 18.1. The van der Waals surface area contributed by atoms with E-state index in [0.29, 0.717) is 28.5 Å². The smallest absolute Gasteiger partial charge is 0.288 e. The Bertz CT molecular complexity index is 1080. The normalized spacial score (nSPS) is 10.7. The van der Waals surface area contributed by atoms with E-state index in [0.717, 1.165) is 5.56 Å². The third-order valence-corrected chi connectivity index (χ3v) is 4.55. The van der Waals surface area contributed by atoms with Crippen LogP contribution in [0, 0.1) is 10.1 Å². The molecule has 3 aromatic carbocycles. The summed E-state index contributed by atoms with van der Waals surface area (Å²) < 4.78 is 5.68. The van der Waals surface area contributed by atoms with Crippen LogP contribution in [-0.4, -0.2) is 17.0 Å². The van der Waals surface area contributed by atoms with E-state index in [9.17, 15) is 14.9 Å². The molecular weight excluding hydrogens is 429 g/mol. The number of nitrogens with one attached hydrogen (secondary N) is 1. The molecule has 3 rings (SSSR count). The van der Waals surface area contributed by atoms with E-state index in [1.807, 2.05) is 12.1 Å². The lowest BCUT2D eigenvalue weighted by Crippen LogP contribution is -2.17. The Morgan fingerprint density at radius 2 is 1.77 bits per heavy atom. The molecule has 0 unspecified atom stereocenters. The topological polar surface area (TPSA) is 93.8 Å². The summed E-state index contributed by atoms with van der Waals surface area (Å²) in [5, 5.41) is 15.4. The van der Waals surface area contributed by atoms with Gasteiger partial charge in [0.2, 0.25) is 0 Å². The highest BCUT2D eigenvalue weighted by atomic mass is 35.5. The zero-order chi connectivity index (χ0) is 21.5. The highest BCUT2D eigenvalue weighted by Crippen LogP contribution is 2.24. The summed E-state index contributed by atoms with van der Waals surface area (Å²) in [7, 11) is 0. The summed E-state index contributed by atoms with van der Waals surface area (Å²) in [6.07, 6.45) is 1.30. The number of nitro benzene ring substituents is 1. The molecule has 30 heavy (non-hydrogen) atoms. The van der Waals surface area contributed by atoms with Crippen LogP contribution < -0.4 is 10.2 Å². The largest absolute Gasteiger partial charge is 0.489 e. The van der Waals surface area contributed by atoms with Gasteiger partial charge in [-0.25, -0.2) is 5.43 Å². The molecule has 0 fully saturated rings. The Morgan fingerprint density at radius 3 is 2.43 bits per heavy atom. The fourth-order valence-electron chi connectivity index (χ4n) is 2.43. The maximum atomic E-state index is 12.2. The second-order valence-electron chi connectivity index (χ2n) is 6.11. The Labute approximate surface area is 182 Å². The Kier molecular flexibility index (Phi) is 7.00. The van der Waals surface area contributed by atoms with Gasteiger partial charge in [-0.05, 0) is 48.0 Å². The number of carbonyl (C=O) groups is 1. The number of halogens is 2. The highest BCUT2D eigenvalue weighted by Gasteiger charge is 2.12. The van der Waals surface area contributed by atoms with Gasteiger partial charge in [-0.2, -0.15) is 5.10 Å². The minimum Gasteiger partial charge on any atom is -0.489 e. The van der Waals surface area contributed by atoms with E-state index < -0.39 is 10.8 Å². The standard InChI is InChI=1S/C21H15Cl2N3O4/c22-17-6-1-14(2-7-17)13-30-18-8-4-16(5-9-18)21(27)25-24-12-15-3-10-19(23)20(11-15)26(28)29/h1-12H,13H2,(H,25,27)/b24-12+. The van der Waals surface area contributed by atoms with Crippen LogP contribution >= 0.6 is 23.2 Å². The molecule has 0 aliphatic carbocycles. The first-order chi connectivity index (χ1) is 14.4. The van der Waals surface area contributed by atoms with Crippen molar-refractivity contribution in [3.8, 4) is 5.75 Å². The SMILES string of the molecule is O=C(N/N=C/c1ccc(Cl)c([N+](=O)[O-])c1)c1ccc(OCc2ccc(Cl)cc2)cc1. The molecule has 7 nitrogen and oxygen atoms in total. The van der Waals surface area contributed by atoms with Crippen molar-refractivity contribution >= 4 is 41.0 Å². The maximum Gasteiger partial charge on any atom is 0.288 e. The number of ether oxygens (including phenoxy) is 1. The van der Waals surface area contributed by atoms with Crippen LogP contribution in [0.1, 0.15) is 21.5 Å². The molecule has 9 heteroatoms. The van der Waals surface area contributed by atoms with Gasteiger partial charge in [0.15, 0.2) is 0 Å². The number of nitrogens with zero attached hydrogens (tertiary/aromatic N) is 2. The van der Waals surface area contributed by atoms with Crippen LogP contribution in [0.4, 0.5) is 5.69 Å². The molecule has 0 aliphatic heterocycles. The average Bonchev–Trinajstić information content (AvgIpc) is 2.74. The zero-order valence-electron chi connectivity index (χ0n) is 15.4. The molecule has 0 atom stereocenters. The molecule has 1 amide bonds. The van der Waals surface area contributed by atoms with Crippen molar-refractivity contribution in [2.45, 2.75) is 6.61 Å². The maximum absolute atomic E-state index is 12.2. The minimum absolute atomic E-state index is 0.0274. The predicted octanol–water partition coefficient (Wildman–Crippen LogP) is 5.24. The van der Waals surface area contributed by atoms with Crippen LogP contribution in [0.2, 0.25) is 10.0 Å². The molecule has 3 aromatic rings. The molecule has 0 aliphatic rings. The Hall–Kier alpha value is -3.42. The van der Waals surface area contributed by atoms with Crippen molar-refractivity contribution in [2.24, 2.45) is 5.10 Å². The number of rotatable bonds is 7. The second-order valence-corrected chi connectivity index (χ2v) is 6.95. The number of hydrogen-bond donors (Lipinski definition) is 1. The Morgan fingerprint density at radius 1 is 1.07 bits per heavy atom. The van der Waals surface area contributed by atoms with E-state index in [1.165, 1.54) is 18.3 Å². The molecule has 0 saturated carbocycles. The molecule has 0 saturated heterocycles. The summed E-state index contributed by atoms with van der Waals surface area (Å²) in [5.74, 6) is 0.178. The van der Waals surface area contributed by atoms with Gasteiger partial charge < -0.3 is 4.74 Å². The van der Waals surface area contributed by atoms with Crippen LogP contribution in [0.25, 0.3) is 0 Å². The first-order valence-electron chi connectivity index (χ1n) is 8.67. The van der Waals surface area contributed by atoms with Crippen LogP contribution in [0.5, 0.6) is 5.75 Å². The van der Waals surface area contributed by atoms with Crippen molar-refractivity contribution in [3.05, 3.63) is 104 Å². The molecule has 0 spiro atoms. The lowest BCUT2D eigenvalue weighted by atomic mass is 10.2. The van der Waals surface area contributed by atoms with Gasteiger partial charge in [0, 0.05) is 22.2 Å². The molecule has 0 bridgehead atoms. The number of benzene rings is 3. The number of hydrazone groups is 1. The minimum atomic E-state index is -0.588. The monoisotopic (exact) mass is 443 g/mol. The van der Waals surface area contributed by atoms with Gasteiger partial charge in [-0.15, -0.1) is 0 Å². The van der Waals surface area contributed by atoms with Crippen molar-refractivity contribution in [2.75, 3.05) is 0 Å². The summed E-state index contributed by atoms with van der Waals surface area (Å²) in [6.45, 7) is 0.375. The van der Waals surface area contributed by atoms with Crippen LogP contribution in [-0.2, 0) is 6.61 Å². The second kappa shape index (κ2) is 9.87. The lowest BCUT2D eigenvalue weighted by molar-refractivity contribution is -0.384. The average molecular weight is 444 g/mol. The van der Waals surface area contributed by atoms with Crippen molar-refractivity contribution in [1.29, 1.82) is 0 Å². The lowest BCUT2D eigenvalue weighted by Gasteiger charge is -2.07. The van der Waals surface area contributed by atoms with Crippen molar-refractivity contribution < 1.29 is 14.5 Å². The van der Waals surface area contributed by atoms with Crippen LogP contribution in [0.3, 0.4) is 0 Å². The summed E-state index contributed by atoms with van der Waals surface area (Å²) >= 11 is 11.6. The number of hydrogen-bond acceptors (Lipinski definition) is 5. The van der Waals surface area contributed by atoms with Gasteiger partial charge in [0.25, 0.3) is 11.6 Å². The fraction of sp³-hybridized carbons (Fsp3) is 0.0476. The van der Waals surface area contributed by atoms with E-state index in [1.54, 1.807) is 42.5 Å². The van der Waals surface area contributed by atoms with E-state index >= 15 is 0 Å². The molecule has 0 aromatic heterocycles. The zero-order valence-corrected chi connectivity index (χ0v) is 16.9. The Balaban J connectivity index is 1.55. The molecule has 152 valence electrons. The quantitative estimate of drug-likeness (QED) is 0.306. The number of carbonyl (C=O) groups excluding carboxylic acids is 1. The molecular formula is C21H15Cl2N3O4. The van der Waals surface area contributed by atoms with Crippen LogP contribution in [0.15, 0.2) is 71.8 Å². The van der Waals surface area contributed by atoms with Crippen molar-refractivity contribution in [3.63, 3.8) is 0 Å².